The highest BCUT2D eigenvalue weighted by Crippen LogP contribution is 2.27. The lowest BCUT2D eigenvalue weighted by Gasteiger charge is -2.15. The van der Waals surface area contributed by atoms with Crippen LogP contribution in [-0.4, -0.2) is 4.98 Å². The minimum absolute atomic E-state index is 0.256. The third kappa shape index (κ3) is 2.24. The SMILES string of the molecule is NCc1coc(Oc2ccc3c(c2)CCCC3)n1. The van der Waals surface area contributed by atoms with Crippen LogP contribution in [0.3, 0.4) is 0 Å². The number of ether oxygens (including phenoxy) is 1. The van der Waals surface area contributed by atoms with Crippen molar-refractivity contribution >= 4 is 0 Å². The third-order valence-corrected chi connectivity index (χ3v) is 3.26. The van der Waals surface area contributed by atoms with Crippen molar-refractivity contribution in [3.05, 3.63) is 41.3 Å². The zero-order valence-corrected chi connectivity index (χ0v) is 10.2. The molecule has 94 valence electrons. The number of rotatable bonds is 3. The fraction of sp³-hybridized carbons (Fsp3) is 0.357. The second-order valence-corrected chi connectivity index (χ2v) is 4.55. The molecule has 1 aromatic carbocycles. The van der Waals surface area contributed by atoms with E-state index in [2.05, 4.69) is 17.1 Å². The van der Waals surface area contributed by atoms with Crippen LogP contribution in [0.25, 0.3) is 0 Å². The van der Waals surface area contributed by atoms with E-state index in [9.17, 15) is 0 Å². The van der Waals surface area contributed by atoms with Gasteiger partial charge in [0.05, 0.1) is 5.69 Å². The Kier molecular flexibility index (Phi) is 3.02. The van der Waals surface area contributed by atoms with Crippen LogP contribution in [-0.2, 0) is 19.4 Å². The maximum Gasteiger partial charge on any atom is 0.399 e. The van der Waals surface area contributed by atoms with Crippen molar-refractivity contribution in [1.82, 2.24) is 4.98 Å². The molecule has 0 fully saturated rings. The predicted molar refractivity (Wildman–Crippen MR) is 67.6 cm³/mol. The van der Waals surface area contributed by atoms with Gasteiger partial charge in [0.2, 0.25) is 0 Å². The number of oxazole rings is 1. The molecule has 0 aliphatic heterocycles. The smallest absolute Gasteiger partial charge is 0.399 e. The first kappa shape index (κ1) is 11.3. The van der Waals surface area contributed by atoms with Crippen molar-refractivity contribution in [2.75, 3.05) is 0 Å². The lowest BCUT2D eigenvalue weighted by atomic mass is 9.92. The number of aryl methyl sites for hydroxylation is 2. The summed E-state index contributed by atoms with van der Waals surface area (Å²) in [6, 6.07) is 6.19. The van der Waals surface area contributed by atoms with E-state index in [1.165, 1.54) is 36.7 Å². The Labute approximate surface area is 106 Å². The van der Waals surface area contributed by atoms with Gasteiger partial charge in [0.1, 0.15) is 12.0 Å². The van der Waals surface area contributed by atoms with Crippen molar-refractivity contribution in [3.63, 3.8) is 0 Å². The highest BCUT2D eigenvalue weighted by Gasteiger charge is 2.11. The maximum atomic E-state index is 5.59. The summed E-state index contributed by atoms with van der Waals surface area (Å²) < 4.78 is 10.8. The molecule has 0 unspecified atom stereocenters. The van der Waals surface area contributed by atoms with Crippen LogP contribution in [0.4, 0.5) is 0 Å². The standard InChI is InChI=1S/C14H16N2O2/c15-8-12-9-17-14(16-12)18-13-6-5-10-3-1-2-4-11(10)7-13/h5-7,9H,1-4,8,15H2. The molecule has 3 rings (SSSR count). The van der Waals surface area contributed by atoms with Crippen molar-refractivity contribution in [2.24, 2.45) is 5.73 Å². The molecule has 2 N–H and O–H groups in total. The molecule has 0 radical (unpaired) electrons. The summed E-state index contributed by atoms with van der Waals surface area (Å²) in [5, 5.41) is 0. The summed E-state index contributed by atoms with van der Waals surface area (Å²) in [5.41, 5.74) is 8.98. The Morgan fingerprint density at radius 2 is 2.06 bits per heavy atom. The molecule has 0 bridgehead atoms. The van der Waals surface area contributed by atoms with Gasteiger partial charge < -0.3 is 14.9 Å². The molecule has 0 saturated carbocycles. The van der Waals surface area contributed by atoms with Gasteiger partial charge in [-0.2, -0.15) is 4.98 Å². The van der Waals surface area contributed by atoms with Crippen LogP contribution < -0.4 is 10.5 Å². The second kappa shape index (κ2) is 4.82. The van der Waals surface area contributed by atoms with Crippen LogP contribution in [0, 0.1) is 0 Å². The van der Waals surface area contributed by atoms with Crippen LogP contribution in [0.2, 0.25) is 0 Å². The number of hydrogen-bond donors (Lipinski definition) is 1. The van der Waals surface area contributed by atoms with E-state index in [4.69, 9.17) is 14.9 Å². The average Bonchev–Trinajstić information content (AvgIpc) is 2.86. The minimum Gasteiger partial charge on any atom is -0.417 e. The first-order valence-corrected chi connectivity index (χ1v) is 6.29. The van der Waals surface area contributed by atoms with Crippen LogP contribution in [0.5, 0.6) is 11.8 Å². The highest BCUT2D eigenvalue weighted by molar-refractivity contribution is 5.37. The van der Waals surface area contributed by atoms with Gasteiger partial charge in [0.25, 0.3) is 0 Å². The summed E-state index contributed by atoms with van der Waals surface area (Å²) in [4.78, 5) is 4.12. The fourth-order valence-corrected chi connectivity index (χ4v) is 2.30. The number of benzene rings is 1. The molecule has 4 nitrogen and oxygen atoms in total. The van der Waals surface area contributed by atoms with Gasteiger partial charge in [-0.3, -0.25) is 0 Å². The molecule has 1 aliphatic rings. The van der Waals surface area contributed by atoms with E-state index in [1.807, 2.05) is 6.07 Å². The lowest BCUT2D eigenvalue weighted by Crippen LogP contribution is -2.02. The number of fused-ring (bicyclic) bond motifs is 1. The summed E-state index contributed by atoms with van der Waals surface area (Å²) in [5.74, 6) is 0.779. The Hall–Kier alpha value is -1.81. The Bertz CT molecular complexity index is 548. The minimum atomic E-state index is 0.256. The monoisotopic (exact) mass is 244 g/mol. The summed E-state index contributed by atoms with van der Waals surface area (Å²) >= 11 is 0. The van der Waals surface area contributed by atoms with E-state index in [0.29, 0.717) is 12.2 Å². The van der Waals surface area contributed by atoms with Crippen molar-refractivity contribution in [3.8, 4) is 11.8 Å². The third-order valence-electron chi connectivity index (χ3n) is 3.26. The highest BCUT2D eigenvalue weighted by atomic mass is 16.6. The quantitative estimate of drug-likeness (QED) is 0.901. The lowest BCUT2D eigenvalue weighted by molar-refractivity contribution is 0.330. The van der Waals surface area contributed by atoms with Crippen molar-refractivity contribution in [1.29, 1.82) is 0 Å². The molecule has 0 amide bonds. The molecular formula is C14H16N2O2. The van der Waals surface area contributed by atoms with Crippen molar-refractivity contribution in [2.45, 2.75) is 32.2 Å². The Morgan fingerprint density at radius 1 is 1.22 bits per heavy atom. The second-order valence-electron chi connectivity index (χ2n) is 4.55. The van der Waals surface area contributed by atoms with Crippen LogP contribution in [0.1, 0.15) is 29.7 Å². The molecular weight excluding hydrogens is 228 g/mol. The molecule has 1 aliphatic carbocycles. The van der Waals surface area contributed by atoms with Gasteiger partial charge in [-0.15, -0.1) is 0 Å². The molecule has 0 atom stereocenters. The number of aromatic nitrogens is 1. The predicted octanol–water partition coefficient (Wildman–Crippen LogP) is 2.80. The van der Waals surface area contributed by atoms with Gasteiger partial charge in [-0.1, -0.05) is 6.07 Å². The van der Waals surface area contributed by atoms with Gasteiger partial charge >= 0.3 is 6.08 Å². The Balaban J connectivity index is 1.80. The zero-order chi connectivity index (χ0) is 12.4. The maximum absolute atomic E-state index is 5.59. The molecule has 2 aromatic rings. The first-order chi connectivity index (χ1) is 8.85. The van der Waals surface area contributed by atoms with E-state index in [0.717, 1.165) is 12.2 Å². The molecule has 1 heterocycles. The van der Waals surface area contributed by atoms with Crippen molar-refractivity contribution < 1.29 is 9.15 Å². The first-order valence-electron chi connectivity index (χ1n) is 6.29. The molecule has 0 saturated heterocycles. The van der Waals surface area contributed by atoms with E-state index in [-0.39, 0.29) is 6.08 Å². The summed E-state index contributed by atoms with van der Waals surface area (Å²) in [7, 11) is 0. The largest absolute Gasteiger partial charge is 0.417 e. The van der Waals surface area contributed by atoms with E-state index < -0.39 is 0 Å². The molecule has 1 aromatic heterocycles. The average molecular weight is 244 g/mol. The molecule has 18 heavy (non-hydrogen) atoms. The summed E-state index contributed by atoms with van der Waals surface area (Å²) in [6.07, 6.45) is 6.62. The Morgan fingerprint density at radius 3 is 2.83 bits per heavy atom. The van der Waals surface area contributed by atoms with Crippen LogP contribution in [0.15, 0.2) is 28.9 Å². The van der Waals surface area contributed by atoms with Gasteiger partial charge in [0, 0.05) is 6.54 Å². The van der Waals surface area contributed by atoms with E-state index >= 15 is 0 Å². The van der Waals surface area contributed by atoms with Gasteiger partial charge in [0.15, 0.2) is 0 Å². The molecule has 4 heteroatoms. The molecule has 0 spiro atoms. The van der Waals surface area contributed by atoms with Gasteiger partial charge in [-0.25, -0.2) is 0 Å². The van der Waals surface area contributed by atoms with Crippen LogP contribution >= 0.6 is 0 Å². The summed E-state index contributed by atoms with van der Waals surface area (Å²) in [6.45, 7) is 0.358. The number of hydrogen-bond acceptors (Lipinski definition) is 4. The zero-order valence-electron chi connectivity index (χ0n) is 10.2. The normalized spacial score (nSPS) is 14.3. The number of nitrogens with zero attached hydrogens (tertiary/aromatic N) is 1. The number of nitrogens with two attached hydrogens (primary N) is 1. The van der Waals surface area contributed by atoms with Gasteiger partial charge in [-0.05, 0) is 48.9 Å². The topological polar surface area (TPSA) is 61.3 Å². The van der Waals surface area contributed by atoms with E-state index in [1.54, 1.807) is 0 Å². The fourth-order valence-electron chi connectivity index (χ4n) is 2.30.